The number of H-pyrrole nitrogens is 2. The van der Waals surface area contributed by atoms with Gasteiger partial charge in [-0.1, -0.05) is 18.8 Å². The van der Waals surface area contributed by atoms with Crippen molar-refractivity contribution in [3.63, 3.8) is 0 Å². The van der Waals surface area contributed by atoms with Crippen LogP contribution in [0.1, 0.15) is 18.9 Å². The fourth-order valence-electron chi connectivity index (χ4n) is 0.686. The van der Waals surface area contributed by atoms with Crippen LogP contribution in [-0.4, -0.2) is 9.97 Å². The number of aromatic amines is 2. The fourth-order valence-corrected chi connectivity index (χ4v) is 0.838. The second-order valence-corrected chi connectivity index (χ2v) is 2.55. The first-order valence-corrected chi connectivity index (χ1v) is 3.95. The summed E-state index contributed by atoms with van der Waals surface area (Å²) < 4.78 is 0.321. The highest BCUT2D eigenvalue weighted by Crippen LogP contribution is 1.83. The third-order valence-electron chi connectivity index (χ3n) is 1.22. The molecular formula is C8H8N2OS. The van der Waals surface area contributed by atoms with E-state index in [4.69, 9.17) is 12.2 Å². The van der Waals surface area contributed by atoms with Crippen LogP contribution in [0.2, 0.25) is 0 Å². The Kier molecular flexibility index (Phi) is 2.83. The van der Waals surface area contributed by atoms with E-state index >= 15 is 0 Å². The van der Waals surface area contributed by atoms with E-state index < -0.39 is 0 Å². The minimum atomic E-state index is -0.236. The molecule has 0 aliphatic heterocycles. The first-order chi connectivity index (χ1) is 5.74. The molecule has 0 amide bonds. The normalized spacial score (nSPS) is 8.75. The molecule has 12 heavy (non-hydrogen) atoms. The van der Waals surface area contributed by atoms with Crippen LogP contribution in [-0.2, 0) is 0 Å². The Balaban J connectivity index is 3.19. The quantitative estimate of drug-likeness (QED) is 0.465. The van der Waals surface area contributed by atoms with E-state index in [1.807, 2.05) is 6.92 Å². The van der Waals surface area contributed by atoms with Gasteiger partial charge in [-0.05, 0) is 12.2 Å². The highest BCUT2D eigenvalue weighted by molar-refractivity contribution is 7.71. The van der Waals surface area contributed by atoms with Gasteiger partial charge in [-0.25, -0.2) is 0 Å². The Morgan fingerprint density at radius 3 is 3.00 bits per heavy atom. The molecule has 1 heterocycles. The first kappa shape index (κ1) is 8.75. The van der Waals surface area contributed by atoms with Crippen LogP contribution >= 0.6 is 12.2 Å². The zero-order valence-electron chi connectivity index (χ0n) is 6.60. The SMILES string of the molecule is CCC#Cc1c[nH]c(=S)[nH]c1=O. The summed E-state index contributed by atoms with van der Waals surface area (Å²) in [6, 6.07) is 0. The van der Waals surface area contributed by atoms with Crippen molar-refractivity contribution in [1.29, 1.82) is 0 Å². The van der Waals surface area contributed by atoms with E-state index in [0.717, 1.165) is 6.42 Å². The summed E-state index contributed by atoms with van der Waals surface area (Å²) in [6.45, 7) is 1.92. The van der Waals surface area contributed by atoms with Crippen molar-refractivity contribution in [2.24, 2.45) is 0 Å². The molecule has 0 spiro atoms. The van der Waals surface area contributed by atoms with Crippen LogP contribution in [0, 0.1) is 16.6 Å². The molecule has 0 bridgehead atoms. The molecule has 0 aromatic carbocycles. The minimum Gasteiger partial charge on any atom is -0.337 e. The molecule has 0 fully saturated rings. The topological polar surface area (TPSA) is 48.6 Å². The summed E-state index contributed by atoms with van der Waals surface area (Å²) in [5.74, 6) is 5.52. The maximum Gasteiger partial charge on any atom is 0.267 e. The lowest BCUT2D eigenvalue weighted by Gasteiger charge is -1.87. The average Bonchev–Trinajstić information content (AvgIpc) is 2.03. The van der Waals surface area contributed by atoms with E-state index in [9.17, 15) is 4.79 Å². The Morgan fingerprint density at radius 1 is 1.67 bits per heavy atom. The van der Waals surface area contributed by atoms with Gasteiger partial charge in [0.05, 0.1) is 0 Å². The highest BCUT2D eigenvalue weighted by Gasteiger charge is 1.91. The molecule has 0 atom stereocenters. The number of hydrogen-bond donors (Lipinski definition) is 2. The lowest BCUT2D eigenvalue weighted by atomic mass is 10.3. The second-order valence-electron chi connectivity index (χ2n) is 2.14. The minimum absolute atomic E-state index is 0.236. The lowest BCUT2D eigenvalue weighted by Crippen LogP contribution is -2.10. The van der Waals surface area contributed by atoms with Crippen molar-refractivity contribution < 1.29 is 0 Å². The monoisotopic (exact) mass is 180 g/mol. The van der Waals surface area contributed by atoms with Gasteiger partial charge in [0.1, 0.15) is 5.56 Å². The van der Waals surface area contributed by atoms with Crippen LogP contribution < -0.4 is 5.56 Å². The predicted molar refractivity (Wildman–Crippen MR) is 49.4 cm³/mol. The number of rotatable bonds is 0. The fraction of sp³-hybridized carbons (Fsp3) is 0.250. The zero-order valence-corrected chi connectivity index (χ0v) is 7.42. The molecular weight excluding hydrogens is 172 g/mol. The van der Waals surface area contributed by atoms with E-state index in [1.165, 1.54) is 6.20 Å². The molecule has 62 valence electrons. The summed E-state index contributed by atoms with van der Waals surface area (Å²) in [5, 5.41) is 0. The van der Waals surface area contributed by atoms with Gasteiger partial charge in [-0.3, -0.25) is 9.78 Å². The third kappa shape index (κ3) is 2.07. The summed E-state index contributed by atoms with van der Waals surface area (Å²) in [4.78, 5) is 16.3. The standard InChI is InChI=1S/C8H8N2OS/c1-2-3-4-6-5-9-8(12)10-7(6)11/h5H,2H2,1H3,(H2,9,10,11,12). The molecule has 1 aromatic rings. The second kappa shape index (κ2) is 3.88. The van der Waals surface area contributed by atoms with Gasteiger partial charge in [0.25, 0.3) is 5.56 Å². The Labute approximate surface area is 74.8 Å². The van der Waals surface area contributed by atoms with Crippen molar-refractivity contribution in [1.82, 2.24) is 9.97 Å². The maximum absolute atomic E-state index is 11.1. The van der Waals surface area contributed by atoms with Gasteiger partial charge in [0, 0.05) is 12.6 Å². The molecule has 2 N–H and O–H groups in total. The van der Waals surface area contributed by atoms with Gasteiger partial charge in [-0.2, -0.15) is 0 Å². The van der Waals surface area contributed by atoms with Gasteiger partial charge < -0.3 is 4.98 Å². The van der Waals surface area contributed by atoms with Crippen LogP contribution in [0.15, 0.2) is 11.0 Å². The molecule has 0 saturated carbocycles. The first-order valence-electron chi connectivity index (χ1n) is 3.55. The third-order valence-corrected chi connectivity index (χ3v) is 1.44. The molecule has 1 aromatic heterocycles. The van der Waals surface area contributed by atoms with Crippen molar-refractivity contribution >= 4 is 12.2 Å². The van der Waals surface area contributed by atoms with E-state index in [0.29, 0.717) is 10.3 Å². The molecule has 0 saturated heterocycles. The number of hydrogen-bond acceptors (Lipinski definition) is 2. The molecule has 3 nitrogen and oxygen atoms in total. The smallest absolute Gasteiger partial charge is 0.267 e. The summed E-state index contributed by atoms with van der Waals surface area (Å²) >= 11 is 4.71. The summed E-state index contributed by atoms with van der Waals surface area (Å²) in [7, 11) is 0. The number of aromatic nitrogens is 2. The van der Waals surface area contributed by atoms with Crippen molar-refractivity contribution in [2.45, 2.75) is 13.3 Å². The summed E-state index contributed by atoms with van der Waals surface area (Å²) in [5.41, 5.74) is 0.185. The van der Waals surface area contributed by atoms with Crippen LogP contribution in [0.3, 0.4) is 0 Å². The van der Waals surface area contributed by atoms with Crippen molar-refractivity contribution in [3.8, 4) is 11.8 Å². The Hall–Kier alpha value is -1.34. The predicted octanol–water partition coefficient (Wildman–Crippen LogP) is 1.19. The molecule has 0 unspecified atom stereocenters. The molecule has 0 radical (unpaired) electrons. The molecule has 4 heteroatoms. The van der Waals surface area contributed by atoms with E-state index in [1.54, 1.807) is 0 Å². The van der Waals surface area contributed by atoms with Gasteiger partial charge in [0.15, 0.2) is 4.77 Å². The average molecular weight is 180 g/mol. The molecule has 0 aliphatic carbocycles. The van der Waals surface area contributed by atoms with Crippen molar-refractivity contribution in [2.75, 3.05) is 0 Å². The highest BCUT2D eigenvalue weighted by atomic mass is 32.1. The van der Waals surface area contributed by atoms with Crippen LogP contribution in [0.25, 0.3) is 0 Å². The summed E-state index contributed by atoms with van der Waals surface area (Å²) in [6.07, 6.45) is 2.25. The van der Waals surface area contributed by atoms with E-state index in [2.05, 4.69) is 21.8 Å². The number of nitrogens with one attached hydrogen (secondary N) is 2. The lowest BCUT2D eigenvalue weighted by molar-refractivity contribution is 1.08. The van der Waals surface area contributed by atoms with Crippen molar-refractivity contribution in [3.05, 3.63) is 26.9 Å². The zero-order chi connectivity index (χ0) is 8.97. The Bertz CT molecular complexity index is 433. The van der Waals surface area contributed by atoms with Gasteiger partial charge in [-0.15, -0.1) is 0 Å². The molecule has 0 aliphatic rings. The van der Waals surface area contributed by atoms with E-state index in [-0.39, 0.29) is 5.56 Å². The van der Waals surface area contributed by atoms with Gasteiger partial charge >= 0.3 is 0 Å². The maximum atomic E-state index is 11.1. The van der Waals surface area contributed by atoms with Crippen LogP contribution in [0.4, 0.5) is 0 Å². The Morgan fingerprint density at radius 2 is 2.42 bits per heavy atom. The largest absolute Gasteiger partial charge is 0.337 e. The van der Waals surface area contributed by atoms with Gasteiger partial charge in [0.2, 0.25) is 0 Å². The van der Waals surface area contributed by atoms with Crippen LogP contribution in [0.5, 0.6) is 0 Å². The molecule has 1 rings (SSSR count).